The van der Waals surface area contributed by atoms with Gasteiger partial charge < -0.3 is 24.6 Å². The van der Waals surface area contributed by atoms with Gasteiger partial charge in [-0.2, -0.15) is 0 Å². The average molecular weight is 414 g/mol. The van der Waals surface area contributed by atoms with Crippen molar-refractivity contribution in [2.45, 2.75) is 17.8 Å². The number of halogens is 1. The number of nitrogens with zero attached hydrogens (tertiary/aromatic N) is 1. The lowest BCUT2D eigenvalue weighted by molar-refractivity contribution is 0.0637. The van der Waals surface area contributed by atoms with E-state index in [1.807, 2.05) is 19.8 Å². The molecule has 3 aromatic rings. The number of likely N-dealkylation sites (N-methyl/N-ethyl adjacent to an activating group) is 1. The molecule has 8 heteroatoms. The number of likely N-dealkylation sites (tertiary alicyclic amines) is 1. The van der Waals surface area contributed by atoms with Crippen molar-refractivity contribution in [2.24, 2.45) is 0 Å². The molecule has 1 aliphatic heterocycles. The van der Waals surface area contributed by atoms with Crippen molar-refractivity contribution >= 4 is 30.4 Å². The summed E-state index contributed by atoms with van der Waals surface area (Å²) in [6.45, 7) is 1.13. The van der Waals surface area contributed by atoms with E-state index in [0.717, 1.165) is 6.07 Å². The molecule has 1 aromatic heterocycles. The normalized spacial score (nSPS) is 22.8. The second-order valence-corrected chi connectivity index (χ2v) is 8.19. The Labute approximate surface area is 173 Å². The van der Waals surface area contributed by atoms with E-state index in [4.69, 9.17) is 16.0 Å². The molecule has 4 rings (SSSR count). The third kappa shape index (κ3) is 3.39. The molecular weight excluding hydrogens is 392 g/mol. The highest BCUT2D eigenvalue weighted by Gasteiger charge is 2.37. The van der Waals surface area contributed by atoms with E-state index in [2.05, 4.69) is 0 Å². The number of hydrogen-bond donors (Lipinski definition) is 3. The smallest absolute Gasteiger partial charge is 0.197 e. The number of phenols is 2. The standard InChI is InChI=1S/C21H21BClNO5/c1-24-8-11(22)18(16(28)9-24)20-14(26)6-13(25)19-15(27)7-17(29-21(19)20)10-4-2-3-5-12(10)23/h2-7,11,16,18,25-26,28H,8-9,22H2,1H3. The number of aliphatic hydroxyl groups excluding tert-OH is 1. The van der Waals surface area contributed by atoms with Crippen molar-refractivity contribution in [1.29, 1.82) is 0 Å². The molecule has 0 spiro atoms. The molecule has 6 nitrogen and oxygen atoms in total. The zero-order valence-corrected chi connectivity index (χ0v) is 16.8. The Morgan fingerprint density at radius 1 is 1.17 bits per heavy atom. The van der Waals surface area contributed by atoms with Gasteiger partial charge in [-0.3, -0.25) is 4.79 Å². The van der Waals surface area contributed by atoms with Crippen molar-refractivity contribution in [1.82, 2.24) is 4.90 Å². The van der Waals surface area contributed by atoms with Gasteiger partial charge >= 0.3 is 0 Å². The fraction of sp³-hybridized carbons (Fsp3) is 0.286. The van der Waals surface area contributed by atoms with Crippen molar-refractivity contribution in [3.05, 3.63) is 57.2 Å². The number of phenolic OH excluding ortho intramolecular Hbond substituents is 2. The molecule has 0 saturated carbocycles. The highest BCUT2D eigenvalue weighted by atomic mass is 35.5. The fourth-order valence-corrected chi connectivity index (χ4v) is 4.64. The first-order valence-electron chi connectivity index (χ1n) is 9.42. The summed E-state index contributed by atoms with van der Waals surface area (Å²) >= 11 is 6.27. The van der Waals surface area contributed by atoms with Crippen LogP contribution < -0.4 is 5.43 Å². The topological polar surface area (TPSA) is 94.1 Å². The lowest BCUT2D eigenvalue weighted by Gasteiger charge is -2.39. The summed E-state index contributed by atoms with van der Waals surface area (Å²) in [5.74, 6) is -0.823. The first-order chi connectivity index (χ1) is 13.8. The monoisotopic (exact) mass is 413 g/mol. The van der Waals surface area contributed by atoms with Gasteiger partial charge in [-0.1, -0.05) is 23.7 Å². The molecule has 0 amide bonds. The van der Waals surface area contributed by atoms with E-state index in [0.29, 0.717) is 29.2 Å². The highest BCUT2D eigenvalue weighted by Crippen LogP contribution is 2.45. The Morgan fingerprint density at radius 3 is 2.59 bits per heavy atom. The van der Waals surface area contributed by atoms with E-state index in [9.17, 15) is 20.1 Å². The van der Waals surface area contributed by atoms with Crippen LogP contribution in [-0.4, -0.2) is 54.3 Å². The third-order valence-electron chi connectivity index (χ3n) is 5.60. The summed E-state index contributed by atoms with van der Waals surface area (Å²) in [5, 5.41) is 32.2. The molecule has 0 bridgehead atoms. The van der Waals surface area contributed by atoms with Gasteiger partial charge in [-0.25, -0.2) is 0 Å². The summed E-state index contributed by atoms with van der Waals surface area (Å²) in [6, 6.07) is 9.37. The minimum atomic E-state index is -0.767. The van der Waals surface area contributed by atoms with Crippen molar-refractivity contribution in [3.8, 4) is 22.8 Å². The number of rotatable bonds is 2. The molecule has 3 atom stereocenters. The second-order valence-electron chi connectivity index (χ2n) is 7.78. The van der Waals surface area contributed by atoms with Gasteiger partial charge in [0.05, 0.1) is 11.1 Å². The number of aliphatic hydroxyl groups is 1. The highest BCUT2D eigenvalue weighted by molar-refractivity contribution is 6.33. The molecule has 2 aromatic carbocycles. The third-order valence-corrected chi connectivity index (χ3v) is 5.93. The van der Waals surface area contributed by atoms with E-state index >= 15 is 0 Å². The number of fused-ring (bicyclic) bond motifs is 1. The van der Waals surface area contributed by atoms with Crippen LogP contribution in [-0.2, 0) is 0 Å². The Kier molecular flexibility index (Phi) is 5.06. The lowest BCUT2D eigenvalue weighted by Crippen LogP contribution is -2.44. The summed E-state index contributed by atoms with van der Waals surface area (Å²) in [4.78, 5) is 14.9. The van der Waals surface area contributed by atoms with Crippen LogP contribution in [0.4, 0.5) is 0 Å². The number of benzene rings is 2. The quantitative estimate of drug-likeness (QED) is 0.558. The summed E-state index contributed by atoms with van der Waals surface area (Å²) in [5.41, 5.74) is 0.483. The lowest BCUT2D eigenvalue weighted by atomic mass is 9.68. The van der Waals surface area contributed by atoms with Gasteiger partial charge in [-0.15, -0.1) is 0 Å². The molecule has 2 heterocycles. The van der Waals surface area contributed by atoms with Crippen LogP contribution in [0.1, 0.15) is 11.5 Å². The van der Waals surface area contributed by atoms with Crippen LogP contribution in [0.3, 0.4) is 0 Å². The minimum absolute atomic E-state index is 0.0170. The number of β-amino-alcohol motifs (C(OH)–C–C–N with tert-alkyl or cyclic N) is 1. The zero-order valence-electron chi connectivity index (χ0n) is 16.1. The minimum Gasteiger partial charge on any atom is -0.507 e. The Bertz CT molecular complexity index is 1140. The summed E-state index contributed by atoms with van der Waals surface area (Å²) in [6.07, 6.45) is -0.767. The van der Waals surface area contributed by atoms with Gasteiger partial charge in [0.1, 0.15) is 36.1 Å². The molecule has 3 N–H and O–H groups in total. The van der Waals surface area contributed by atoms with Crippen LogP contribution in [0.15, 0.2) is 45.6 Å². The zero-order chi connectivity index (χ0) is 20.9. The maximum atomic E-state index is 12.9. The Hall–Kier alpha value is -2.48. The predicted molar refractivity (Wildman–Crippen MR) is 115 cm³/mol. The van der Waals surface area contributed by atoms with E-state index in [1.165, 1.54) is 6.07 Å². The molecular formula is C21H21BClNO5. The van der Waals surface area contributed by atoms with Crippen molar-refractivity contribution in [2.75, 3.05) is 20.1 Å². The van der Waals surface area contributed by atoms with E-state index < -0.39 is 17.5 Å². The van der Waals surface area contributed by atoms with Crippen LogP contribution in [0.5, 0.6) is 11.5 Å². The van der Waals surface area contributed by atoms with Crippen LogP contribution in [0, 0.1) is 0 Å². The van der Waals surface area contributed by atoms with Crippen molar-refractivity contribution in [3.63, 3.8) is 0 Å². The van der Waals surface area contributed by atoms with Gasteiger partial charge in [0.15, 0.2) is 5.43 Å². The molecule has 0 radical (unpaired) electrons. The summed E-state index contributed by atoms with van der Waals surface area (Å²) < 4.78 is 6.05. The molecule has 29 heavy (non-hydrogen) atoms. The van der Waals surface area contributed by atoms with E-state index in [1.54, 1.807) is 24.3 Å². The molecule has 1 aliphatic rings. The van der Waals surface area contributed by atoms with Crippen LogP contribution >= 0.6 is 11.6 Å². The number of aromatic hydroxyl groups is 2. The van der Waals surface area contributed by atoms with Gasteiger partial charge in [0.2, 0.25) is 0 Å². The van der Waals surface area contributed by atoms with Gasteiger partial charge in [0, 0.05) is 35.7 Å². The van der Waals surface area contributed by atoms with E-state index in [-0.39, 0.29) is 34.0 Å². The predicted octanol–water partition coefficient (Wildman–Crippen LogP) is 2.34. The molecule has 150 valence electrons. The maximum absolute atomic E-state index is 12.9. The SMILES string of the molecule is BC1CN(C)CC(O)C1c1c(O)cc(O)c2c(=O)cc(-c3ccccc3Cl)oc12. The molecule has 1 fully saturated rings. The van der Waals surface area contributed by atoms with Gasteiger partial charge in [0.25, 0.3) is 0 Å². The largest absolute Gasteiger partial charge is 0.507 e. The Balaban J connectivity index is 2.02. The Morgan fingerprint density at radius 2 is 1.90 bits per heavy atom. The van der Waals surface area contributed by atoms with Crippen LogP contribution in [0.25, 0.3) is 22.3 Å². The maximum Gasteiger partial charge on any atom is 0.197 e. The van der Waals surface area contributed by atoms with Gasteiger partial charge in [-0.05, 0) is 31.5 Å². The molecule has 3 unspecified atom stereocenters. The molecule has 0 aliphatic carbocycles. The number of hydrogen-bond acceptors (Lipinski definition) is 6. The fourth-order valence-electron chi connectivity index (χ4n) is 4.41. The summed E-state index contributed by atoms with van der Waals surface area (Å²) in [7, 11) is 3.89. The second kappa shape index (κ2) is 7.41. The first-order valence-corrected chi connectivity index (χ1v) is 9.80. The molecule has 1 saturated heterocycles. The first kappa shape index (κ1) is 19.8. The number of piperidine rings is 1. The average Bonchev–Trinajstić information content (AvgIpc) is 2.63. The van der Waals surface area contributed by atoms with Crippen LogP contribution in [0.2, 0.25) is 10.8 Å². The van der Waals surface area contributed by atoms with Crippen molar-refractivity contribution < 1.29 is 19.7 Å².